The average Bonchev–Trinajstić information content (AvgIpc) is 2.48. The van der Waals surface area contributed by atoms with Gasteiger partial charge in [0.1, 0.15) is 11.9 Å². The SMILES string of the molecule is O=CO.c1ccc(OC2CN(CC3CCCCO3)C2)cc1. The van der Waals surface area contributed by atoms with Crippen molar-refractivity contribution in [3.63, 3.8) is 0 Å². The van der Waals surface area contributed by atoms with Crippen molar-refractivity contribution >= 4 is 6.47 Å². The van der Waals surface area contributed by atoms with E-state index in [0.29, 0.717) is 12.2 Å². The Kier molecular flexibility index (Phi) is 6.50. The number of ether oxygens (including phenoxy) is 2. The summed E-state index contributed by atoms with van der Waals surface area (Å²) in [6.07, 6.45) is 4.59. The zero-order valence-electron chi connectivity index (χ0n) is 12.2. The fourth-order valence-corrected chi connectivity index (χ4v) is 2.68. The first-order valence-corrected chi connectivity index (χ1v) is 7.45. The molecule has 3 rings (SSSR count). The second-order valence-electron chi connectivity index (χ2n) is 5.37. The van der Waals surface area contributed by atoms with E-state index in [1.165, 1.54) is 19.3 Å². The number of para-hydroxylation sites is 1. The highest BCUT2D eigenvalue weighted by Crippen LogP contribution is 2.20. The third-order valence-corrected chi connectivity index (χ3v) is 3.71. The minimum atomic E-state index is -0.250. The first-order valence-electron chi connectivity index (χ1n) is 7.45. The third kappa shape index (κ3) is 5.36. The summed E-state index contributed by atoms with van der Waals surface area (Å²) >= 11 is 0. The first-order chi connectivity index (χ1) is 10.3. The molecule has 1 N–H and O–H groups in total. The van der Waals surface area contributed by atoms with Crippen molar-refractivity contribution in [3.05, 3.63) is 30.3 Å². The van der Waals surface area contributed by atoms with E-state index < -0.39 is 0 Å². The van der Waals surface area contributed by atoms with Crippen LogP contribution in [0.1, 0.15) is 19.3 Å². The van der Waals surface area contributed by atoms with Crippen molar-refractivity contribution in [2.75, 3.05) is 26.2 Å². The fraction of sp³-hybridized carbons (Fsp3) is 0.562. The lowest BCUT2D eigenvalue weighted by atomic mass is 10.1. The molecule has 2 aliphatic rings. The first kappa shape index (κ1) is 15.8. The predicted octanol–water partition coefficient (Wildman–Crippen LogP) is 2.02. The molecule has 2 saturated heterocycles. The molecule has 0 spiro atoms. The normalized spacial score (nSPS) is 22.6. The van der Waals surface area contributed by atoms with Gasteiger partial charge in [0.25, 0.3) is 6.47 Å². The maximum absolute atomic E-state index is 8.36. The smallest absolute Gasteiger partial charge is 0.290 e. The van der Waals surface area contributed by atoms with Gasteiger partial charge in [-0.2, -0.15) is 0 Å². The van der Waals surface area contributed by atoms with Crippen LogP contribution in [0.15, 0.2) is 30.3 Å². The summed E-state index contributed by atoms with van der Waals surface area (Å²) in [5, 5.41) is 6.89. The molecule has 1 atom stereocenters. The third-order valence-electron chi connectivity index (χ3n) is 3.71. The Morgan fingerprint density at radius 1 is 1.29 bits per heavy atom. The lowest BCUT2D eigenvalue weighted by Gasteiger charge is -2.41. The highest BCUT2D eigenvalue weighted by molar-refractivity contribution is 5.32. The second-order valence-corrected chi connectivity index (χ2v) is 5.37. The largest absolute Gasteiger partial charge is 0.488 e. The molecule has 0 amide bonds. The molecule has 116 valence electrons. The van der Waals surface area contributed by atoms with Gasteiger partial charge >= 0.3 is 0 Å². The molecule has 21 heavy (non-hydrogen) atoms. The van der Waals surface area contributed by atoms with Gasteiger partial charge in [-0.15, -0.1) is 0 Å². The van der Waals surface area contributed by atoms with E-state index in [2.05, 4.69) is 4.90 Å². The van der Waals surface area contributed by atoms with Crippen molar-refractivity contribution in [1.29, 1.82) is 0 Å². The number of rotatable bonds is 4. The number of carbonyl (C=O) groups is 1. The minimum absolute atomic E-state index is 0.250. The molecular formula is C16H23NO4. The van der Waals surface area contributed by atoms with Gasteiger partial charge in [-0.3, -0.25) is 9.69 Å². The quantitative estimate of drug-likeness (QED) is 0.861. The van der Waals surface area contributed by atoms with Gasteiger partial charge in [-0.05, 0) is 31.4 Å². The molecule has 5 heteroatoms. The molecule has 1 aromatic carbocycles. The highest BCUT2D eigenvalue weighted by atomic mass is 16.5. The van der Waals surface area contributed by atoms with E-state index in [1.807, 2.05) is 30.3 Å². The van der Waals surface area contributed by atoms with Gasteiger partial charge in [0, 0.05) is 26.2 Å². The number of carboxylic acid groups (broad SMARTS) is 1. The maximum Gasteiger partial charge on any atom is 0.290 e. The summed E-state index contributed by atoms with van der Waals surface area (Å²) in [6, 6.07) is 10.1. The van der Waals surface area contributed by atoms with Crippen LogP contribution in [0.5, 0.6) is 5.75 Å². The summed E-state index contributed by atoms with van der Waals surface area (Å²) in [7, 11) is 0. The van der Waals surface area contributed by atoms with Gasteiger partial charge in [-0.1, -0.05) is 18.2 Å². The van der Waals surface area contributed by atoms with Gasteiger partial charge < -0.3 is 14.6 Å². The Balaban J connectivity index is 0.000000497. The topological polar surface area (TPSA) is 59.0 Å². The molecule has 1 aromatic rings. The van der Waals surface area contributed by atoms with Crippen LogP contribution in [-0.4, -0.2) is 54.9 Å². The molecular weight excluding hydrogens is 270 g/mol. The predicted molar refractivity (Wildman–Crippen MR) is 79.6 cm³/mol. The Bertz CT molecular complexity index is 400. The molecule has 2 heterocycles. The number of nitrogens with zero attached hydrogens (tertiary/aromatic N) is 1. The number of hydrogen-bond acceptors (Lipinski definition) is 4. The van der Waals surface area contributed by atoms with E-state index >= 15 is 0 Å². The lowest BCUT2D eigenvalue weighted by molar-refractivity contribution is -0.122. The van der Waals surface area contributed by atoms with Crippen LogP contribution in [0.2, 0.25) is 0 Å². The zero-order chi connectivity index (χ0) is 14.9. The monoisotopic (exact) mass is 293 g/mol. The Labute approximate surface area is 125 Å². The van der Waals surface area contributed by atoms with Crippen LogP contribution < -0.4 is 4.74 Å². The van der Waals surface area contributed by atoms with Crippen molar-refractivity contribution in [3.8, 4) is 5.75 Å². The van der Waals surface area contributed by atoms with Crippen LogP contribution in [0.4, 0.5) is 0 Å². The number of likely N-dealkylation sites (tertiary alicyclic amines) is 1. The van der Waals surface area contributed by atoms with Gasteiger partial charge in [0.05, 0.1) is 6.10 Å². The van der Waals surface area contributed by atoms with Crippen LogP contribution in [-0.2, 0) is 9.53 Å². The molecule has 0 bridgehead atoms. The Morgan fingerprint density at radius 3 is 2.62 bits per heavy atom. The summed E-state index contributed by atoms with van der Waals surface area (Å²) < 4.78 is 11.6. The van der Waals surface area contributed by atoms with E-state index in [9.17, 15) is 0 Å². The van der Waals surface area contributed by atoms with Crippen molar-refractivity contribution in [1.82, 2.24) is 4.90 Å². The van der Waals surface area contributed by atoms with Gasteiger partial charge in [0.2, 0.25) is 0 Å². The van der Waals surface area contributed by atoms with Crippen LogP contribution in [0.3, 0.4) is 0 Å². The van der Waals surface area contributed by atoms with Gasteiger partial charge in [-0.25, -0.2) is 0 Å². The molecule has 2 fully saturated rings. The second kappa shape index (κ2) is 8.64. The summed E-state index contributed by atoms with van der Waals surface area (Å²) in [5.74, 6) is 0.982. The molecule has 5 nitrogen and oxygen atoms in total. The van der Waals surface area contributed by atoms with Crippen LogP contribution in [0.25, 0.3) is 0 Å². The Morgan fingerprint density at radius 2 is 2.00 bits per heavy atom. The van der Waals surface area contributed by atoms with Crippen LogP contribution in [0, 0.1) is 0 Å². The molecule has 0 aliphatic carbocycles. The molecule has 1 unspecified atom stereocenters. The van der Waals surface area contributed by atoms with E-state index in [1.54, 1.807) is 0 Å². The summed E-state index contributed by atoms with van der Waals surface area (Å²) in [5.41, 5.74) is 0. The zero-order valence-corrected chi connectivity index (χ0v) is 12.2. The van der Waals surface area contributed by atoms with Crippen LogP contribution >= 0.6 is 0 Å². The standard InChI is InChI=1S/C15H21NO2.CH2O2/c1-2-6-13(7-3-1)18-15-11-16(12-15)10-14-8-4-5-9-17-14;2-1-3/h1-3,6-7,14-15H,4-5,8-12H2;1H,(H,2,3). The molecule has 2 aliphatic heterocycles. The van der Waals surface area contributed by atoms with Gasteiger partial charge in [0.15, 0.2) is 0 Å². The Hall–Kier alpha value is -1.59. The van der Waals surface area contributed by atoms with Crippen molar-refractivity contribution in [2.45, 2.75) is 31.5 Å². The summed E-state index contributed by atoms with van der Waals surface area (Å²) in [4.78, 5) is 10.8. The lowest BCUT2D eigenvalue weighted by Crippen LogP contribution is -2.56. The molecule has 0 radical (unpaired) electrons. The fourth-order valence-electron chi connectivity index (χ4n) is 2.68. The van der Waals surface area contributed by atoms with Crippen molar-refractivity contribution < 1.29 is 19.4 Å². The van der Waals surface area contributed by atoms with E-state index in [-0.39, 0.29) is 6.47 Å². The molecule has 0 saturated carbocycles. The van der Waals surface area contributed by atoms with E-state index in [4.69, 9.17) is 19.4 Å². The molecule has 0 aromatic heterocycles. The number of benzene rings is 1. The summed E-state index contributed by atoms with van der Waals surface area (Å²) in [6.45, 7) is 3.85. The van der Waals surface area contributed by atoms with Crippen molar-refractivity contribution in [2.24, 2.45) is 0 Å². The number of hydrogen-bond donors (Lipinski definition) is 1. The van der Waals surface area contributed by atoms with E-state index in [0.717, 1.165) is 32.0 Å². The minimum Gasteiger partial charge on any atom is -0.488 e. The average molecular weight is 293 g/mol. The maximum atomic E-state index is 8.36. The highest BCUT2D eigenvalue weighted by Gasteiger charge is 2.30.